The van der Waals surface area contributed by atoms with Crippen LogP contribution in [0.15, 0.2) is 48.5 Å². The number of likely N-dealkylation sites (tertiary alicyclic amines) is 1. The Morgan fingerprint density at radius 1 is 1.22 bits per heavy atom. The molecule has 27 heavy (non-hydrogen) atoms. The first-order valence-electron chi connectivity index (χ1n) is 9.06. The van der Waals surface area contributed by atoms with Gasteiger partial charge in [-0.1, -0.05) is 12.1 Å². The van der Waals surface area contributed by atoms with Crippen LogP contribution in [0, 0.1) is 11.7 Å². The van der Waals surface area contributed by atoms with Gasteiger partial charge in [0.2, 0.25) is 5.91 Å². The van der Waals surface area contributed by atoms with Gasteiger partial charge in [0.25, 0.3) is 5.91 Å². The van der Waals surface area contributed by atoms with Crippen LogP contribution >= 0.6 is 0 Å². The molecule has 0 radical (unpaired) electrons. The van der Waals surface area contributed by atoms with Crippen molar-refractivity contribution in [2.45, 2.75) is 19.8 Å². The Bertz CT molecular complexity index is 825. The number of carbonyl (C=O) groups is 2. The van der Waals surface area contributed by atoms with E-state index in [4.69, 9.17) is 4.74 Å². The van der Waals surface area contributed by atoms with Crippen molar-refractivity contribution < 1.29 is 18.7 Å². The van der Waals surface area contributed by atoms with Crippen molar-refractivity contribution in [2.75, 3.05) is 25.0 Å². The van der Waals surface area contributed by atoms with Crippen LogP contribution in [0.5, 0.6) is 5.75 Å². The molecule has 0 bridgehead atoms. The van der Waals surface area contributed by atoms with Crippen LogP contribution in [0.4, 0.5) is 10.1 Å². The van der Waals surface area contributed by atoms with Gasteiger partial charge in [0.05, 0.1) is 6.61 Å². The van der Waals surface area contributed by atoms with Crippen molar-refractivity contribution in [2.24, 2.45) is 5.92 Å². The lowest BCUT2D eigenvalue weighted by molar-refractivity contribution is -0.114. The van der Waals surface area contributed by atoms with E-state index in [2.05, 4.69) is 5.32 Å². The second kappa shape index (κ2) is 8.66. The molecule has 0 unspecified atom stereocenters. The normalized spacial score (nSPS) is 16.7. The monoisotopic (exact) mass is 370 g/mol. The molecule has 0 spiro atoms. The summed E-state index contributed by atoms with van der Waals surface area (Å²) < 4.78 is 18.9. The molecule has 2 aromatic rings. The standard InChI is InChI=1S/C21H23FN2O3/c1-15(25)23-19-8-2-6-17(11-19)21(26)24-10-4-5-16(13-24)14-27-20-9-3-7-18(22)12-20/h2-3,6-9,11-12,16H,4-5,10,13-14H2,1H3,(H,23,25)/t16-/m1/s1. The molecule has 1 aliphatic rings. The van der Waals surface area contributed by atoms with Gasteiger partial charge in [-0.05, 0) is 43.2 Å². The van der Waals surface area contributed by atoms with Crippen LogP contribution in [0.1, 0.15) is 30.1 Å². The molecule has 3 rings (SSSR count). The van der Waals surface area contributed by atoms with Gasteiger partial charge in [-0.2, -0.15) is 0 Å². The third-order valence-corrected chi connectivity index (χ3v) is 4.52. The summed E-state index contributed by atoms with van der Waals surface area (Å²) in [7, 11) is 0. The highest BCUT2D eigenvalue weighted by Crippen LogP contribution is 2.22. The van der Waals surface area contributed by atoms with E-state index in [-0.39, 0.29) is 23.5 Å². The Morgan fingerprint density at radius 3 is 2.81 bits per heavy atom. The highest BCUT2D eigenvalue weighted by atomic mass is 19.1. The summed E-state index contributed by atoms with van der Waals surface area (Å²) in [5, 5.41) is 2.69. The van der Waals surface area contributed by atoms with Crippen molar-refractivity contribution in [3.63, 3.8) is 0 Å². The van der Waals surface area contributed by atoms with Crippen LogP contribution in [0.2, 0.25) is 0 Å². The molecule has 1 aliphatic heterocycles. The summed E-state index contributed by atoms with van der Waals surface area (Å²) in [5.41, 5.74) is 1.16. The number of nitrogens with one attached hydrogen (secondary N) is 1. The Balaban J connectivity index is 1.60. The maximum Gasteiger partial charge on any atom is 0.253 e. The fourth-order valence-corrected chi connectivity index (χ4v) is 3.27. The first-order chi connectivity index (χ1) is 13.0. The summed E-state index contributed by atoms with van der Waals surface area (Å²) >= 11 is 0. The third-order valence-electron chi connectivity index (χ3n) is 4.52. The summed E-state index contributed by atoms with van der Waals surface area (Å²) in [6.07, 6.45) is 1.86. The van der Waals surface area contributed by atoms with E-state index >= 15 is 0 Å². The second-order valence-corrected chi connectivity index (χ2v) is 6.79. The largest absolute Gasteiger partial charge is 0.493 e. The van der Waals surface area contributed by atoms with Gasteiger partial charge in [0, 0.05) is 43.2 Å². The van der Waals surface area contributed by atoms with Gasteiger partial charge in [-0.3, -0.25) is 9.59 Å². The minimum atomic E-state index is -0.327. The van der Waals surface area contributed by atoms with Crippen molar-refractivity contribution in [3.05, 3.63) is 59.9 Å². The molecule has 2 amide bonds. The van der Waals surface area contributed by atoms with Gasteiger partial charge >= 0.3 is 0 Å². The molecule has 6 heteroatoms. The van der Waals surface area contributed by atoms with E-state index < -0.39 is 0 Å². The molecule has 1 fully saturated rings. The predicted octanol–water partition coefficient (Wildman–Crippen LogP) is 3.72. The lowest BCUT2D eigenvalue weighted by Gasteiger charge is -2.32. The number of hydrogen-bond donors (Lipinski definition) is 1. The highest BCUT2D eigenvalue weighted by Gasteiger charge is 2.25. The summed E-state index contributed by atoms with van der Waals surface area (Å²) in [6, 6.07) is 13.0. The molecule has 1 heterocycles. The van der Waals surface area contributed by atoms with E-state index in [0.717, 1.165) is 12.8 Å². The highest BCUT2D eigenvalue weighted by molar-refractivity contribution is 5.96. The van der Waals surface area contributed by atoms with E-state index in [0.29, 0.717) is 36.7 Å². The van der Waals surface area contributed by atoms with Crippen LogP contribution in [0.25, 0.3) is 0 Å². The Hall–Kier alpha value is -2.89. The van der Waals surface area contributed by atoms with Crippen molar-refractivity contribution in [3.8, 4) is 5.75 Å². The molecular weight excluding hydrogens is 347 g/mol. The SMILES string of the molecule is CC(=O)Nc1cccc(C(=O)N2CCC[C@@H](COc3cccc(F)c3)C2)c1. The van der Waals surface area contributed by atoms with Crippen molar-refractivity contribution in [1.82, 2.24) is 4.90 Å². The average molecular weight is 370 g/mol. The molecule has 142 valence electrons. The molecule has 0 aromatic heterocycles. The maximum atomic E-state index is 13.2. The smallest absolute Gasteiger partial charge is 0.253 e. The molecular formula is C21H23FN2O3. The predicted molar refractivity (Wildman–Crippen MR) is 101 cm³/mol. The van der Waals surface area contributed by atoms with Crippen LogP contribution in [0.3, 0.4) is 0 Å². The number of rotatable bonds is 5. The van der Waals surface area contributed by atoms with E-state index in [1.165, 1.54) is 19.1 Å². The zero-order valence-corrected chi connectivity index (χ0v) is 15.3. The first kappa shape index (κ1) is 18.9. The van der Waals surface area contributed by atoms with Gasteiger partial charge in [-0.15, -0.1) is 0 Å². The fraction of sp³-hybridized carbons (Fsp3) is 0.333. The Labute approximate surface area is 158 Å². The molecule has 0 saturated carbocycles. The van der Waals surface area contributed by atoms with Gasteiger partial charge in [0.1, 0.15) is 11.6 Å². The molecule has 1 saturated heterocycles. The van der Waals surface area contributed by atoms with Crippen LogP contribution in [-0.4, -0.2) is 36.4 Å². The molecule has 2 aromatic carbocycles. The summed E-state index contributed by atoms with van der Waals surface area (Å²) in [4.78, 5) is 25.8. The van der Waals surface area contributed by atoms with E-state index in [9.17, 15) is 14.0 Å². The number of hydrogen-bond acceptors (Lipinski definition) is 3. The number of ether oxygens (including phenoxy) is 1. The average Bonchev–Trinajstić information content (AvgIpc) is 2.66. The number of nitrogens with zero attached hydrogens (tertiary/aromatic N) is 1. The second-order valence-electron chi connectivity index (χ2n) is 6.79. The van der Waals surface area contributed by atoms with E-state index in [1.54, 1.807) is 36.4 Å². The Morgan fingerprint density at radius 2 is 2.04 bits per heavy atom. The summed E-state index contributed by atoms with van der Waals surface area (Å²) in [5.74, 6) is 0.141. The van der Waals surface area contributed by atoms with Gasteiger partial charge in [0.15, 0.2) is 0 Å². The lowest BCUT2D eigenvalue weighted by atomic mass is 9.98. The first-order valence-corrected chi connectivity index (χ1v) is 9.06. The summed E-state index contributed by atoms with van der Waals surface area (Å²) in [6.45, 7) is 3.17. The Kier molecular flexibility index (Phi) is 6.06. The van der Waals surface area contributed by atoms with Gasteiger partial charge in [-0.25, -0.2) is 4.39 Å². The minimum Gasteiger partial charge on any atom is -0.493 e. The number of carbonyl (C=O) groups excluding carboxylic acids is 2. The minimum absolute atomic E-state index is 0.0577. The zero-order chi connectivity index (χ0) is 19.2. The number of halogens is 1. The topological polar surface area (TPSA) is 58.6 Å². The van der Waals surface area contributed by atoms with Crippen LogP contribution in [-0.2, 0) is 4.79 Å². The number of anilines is 1. The molecule has 1 atom stereocenters. The van der Waals surface area contributed by atoms with Gasteiger partial charge < -0.3 is 15.0 Å². The molecule has 1 N–H and O–H groups in total. The fourth-order valence-electron chi connectivity index (χ4n) is 3.27. The molecule has 5 nitrogen and oxygen atoms in total. The number of benzene rings is 2. The maximum absolute atomic E-state index is 13.2. The van der Waals surface area contributed by atoms with Crippen molar-refractivity contribution >= 4 is 17.5 Å². The van der Waals surface area contributed by atoms with E-state index in [1.807, 2.05) is 4.90 Å². The van der Waals surface area contributed by atoms with Crippen LogP contribution < -0.4 is 10.1 Å². The number of piperidine rings is 1. The quantitative estimate of drug-likeness (QED) is 0.873. The zero-order valence-electron chi connectivity index (χ0n) is 15.3. The molecule has 0 aliphatic carbocycles. The third kappa shape index (κ3) is 5.29. The number of amides is 2. The lowest BCUT2D eigenvalue weighted by Crippen LogP contribution is -2.41. The van der Waals surface area contributed by atoms with Crippen molar-refractivity contribution in [1.29, 1.82) is 0 Å².